The molecule has 0 aromatic heterocycles. The van der Waals surface area contributed by atoms with Crippen molar-refractivity contribution in [1.29, 1.82) is 0 Å². The van der Waals surface area contributed by atoms with Gasteiger partial charge in [-0.15, -0.1) is 6.58 Å². The van der Waals surface area contributed by atoms with Crippen LogP contribution in [-0.2, 0) is 15.6 Å². The molecule has 1 aromatic carbocycles. The van der Waals surface area contributed by atoms with Gasteiger partial charge in [0.25, 0.3) is 5.91 Å². The number of carbonyl (C=O) groups is 1. The van der Waals surface area contributed by atoms with Gasteiger partial charge in [0, 0.05) is 24.7 Å². The van der Waals surface area contributed by atoms with Crippen LogP contribution in [0.1, 0.15) is 58.2 Å². The van der Waals surface area contributed by atoms with Gasteiger partial charge in [-0.1, -0.05) is 71.6 Å². The summed E-state index contributed by atoms with van der Waals surface area (Å²) in [6.07, 6.45) is 3.60. The van der Waals surface area contributed by atoms with E-state index in [0.29, 0.717) is 21.5 Å². The minimum absolute atomic E-state index is 0.137. The van der Waals surface area contributed by atoms with E-state index in [2.05, 4.69) is 48.1 Å². The third kappa shape index (κ3) is 4.67. The summed E-state index contributed by atoms with van der Waals surface area (Å²) in [4.78, 5) is 13.5. The van der Waals surface area contributed by atoms with Crippen LogP contribution in [0.5, 0.6) is 5.75 Å². The van der Waals surface area contributed by atoms with Crippen LogP contribution in [0.15, 0.2) is 29.7 Å². The maximum Gasteiger partial charge on any atom is 0.280 e. The molecule has 1 aromatic rings. The zero-order valence-corrected chi connectivity index (χ0v) is 19.4. The van der Waals surface area contributed by atoms with Crippen molar-refractivity contribution in [3.8, 4) is 5.75 Å². The topological polar surface area (TPSA) is 43.8 Å². The first-order valence-corrected chi connectivity index (χ1v) is 10.5. The van der Waals surface area contributed by atoms with Gasteiger partial charge in [0.15, 0.2) is 4.32 Å². The van der Waals surface area contributed by atoms with Crippen LogP contribution in [0, 0.1) is 0 Å². The van der Waals surface area contributed by atoms with E-state index >= 15 is 0 Å². The molecule has 4 nitrogen and oxygen atoms in total. The van der Waals surface area contributed by atoms with Crippen LogP contribution in [-0.4, -0.2) is 38.9 Å². The zero-order valence-electron chi connectivity index (χ0n) is 17.8. The lowest BCUT2D eigenvalue weighted by molar-refractivity contribution is -0.131. The van der Waals surface area contributed by atoms with E-state index in [9.17, 15) is 9.90 Å². The van der Waals surface area contributed by atoms with Crippen LogP contribution in [0.3, 0.4) is 0 Å². The Bertz CT molecular complexity index is 810. The largest absolute Gasteiger partial charge is 0.507 e. The van der Waals surface area contributed by atoms with Gasteiger partial charge in [0.2, 0.25) is 0 Å². The number of hydrazine groups is 1. The number of thioether (sulfide) groups is 1. The highest BCUT2D eigenvalue weighted by Crippen LogP contribution is 2.41. The average Bonchev–Trinajstić information content (AvgIpc) is 2.80. The Morgan fingerprint density at radius 2 is 1.68 bits per heavy atom. The van der Waals surface area contributed by atoms with Crippen molar-refractivity contribution in [2.45, 2.75) is 52.4 Å². The van der Waals surface area contributed by atoms with Crippen molar-refractivity contribution >= 4 is 40.3 Å². The summed E-state index contributed by atoms with van der Waals surface area (Å²) in [6.45, 7) is 16.7. The van der Waals surface area contributed by atoms with Crippen molar-refractivity contribution in [3.05, 3.63) is 46.4 Å². The Morgan fingerprint density at radius 3 is 2.11 bits per heavy atom. The monoisotopic (exact) mass is 418 g/mol. The summed E-state index contributed by atoms with van der Waals surface area (Å²) in [5, 5.41) is 14.1. The van der Waals surface area contributed by atoms with Crippen LogP contribution in [0.4, 0.5) is 0 Å². The molecule has 1 aliphatic heterocycles. The third-order valence-electron chi connectivity index (χ3n) is 4.55. The number of phenols is 1. The molecular weight excluding hydrogens is 388 g/mol. The summed E-state index contributed by atoms with van der Waals surface area (Å²) in [5.74, 6) is 0.192. The number of hydrogen-bond donors (Lipinski definition) is 1. The van der Waals surface area contributed by atoms with Crippen molar-refractivity contribution in [2.75, 3.05) is 13.6 Å². The maximum atomic E-state index is 12.9. The van der Waals surface area contributed by atoms with E-state index in [1.54, 1.807) is 11.1 Å². The van der Waals surface area contributed by atoms with Gasteiger partial charge in [0.1, 0.15) is 5.75 Å². The number of nitrogens with zero attached hydrogens (tertiary/aromatic N) is 2. The second kappa shape index (κ2) is 8.01. The van der Waals surface area contributed by atoms with Gasteiger partial charge >= 0.3 is 0 Å². The molecule has 0 aliphatic carbocycles. The molecular formula is C22H30N2O2S2. The number of benzene rings is 1. The average molecular weight is 419 g/mol. The molecule has 1 aliphatic rings. The number of thiocarbonyl (C=S) groups is 1. The fourth-order valence-corrected chi connectivity index (χ4v) is 4.41. The molecule has 1 saturated heterocycles. The minimum Gasteiger partial charge on any atom is -0.507 e. The van der Waals surface area contributed by atoms with E-state index in [1.807, 2.05) is 25.3 Å². The van der Waals surface area contributed by atoms with Crippen LogP contribution in [0.25, 0.3) is 6.08 Å². The number of rotatable bonds is 4. The number of phenolic OH excluding ortho intramolecular Hbond substituents is 1. The van der Waals surface area contributed by atoms with E-state index in [-0.39, 0.29) is 16.7 Å². The second-order valence-corrected chi connectivity index (χ2v) is 10.8. The Balaban J connectivity index is 2.55. The molecule has 6 heteroatoms. The van der Waals surface area contributed by atoms with Crippen LogP contribution >= 0.6 is 24.0 Å². The second-order valence-electron chi connectivity index (χ2n) is 9.09. The predicted molar refractivity (Wildman–Crippen MR) is 123 cm³/mol. The van der Waals surface area contributed by atoms with Gasteiger partial charge in [-0.2, -0.15) is 0 Å². The van der Waals surface area contributed by atoms with Crippen LogP contribution < -0.4 is 0 Å². The molecule has 1 N–H and O–H groups in total. The van der Waals surface area contributed by atoms with Gasteiger partial charge in [0.05, 0.1) is 4.91 Å². The Labute approximate surface area is 178 Å². The number of carbonyl (C=O) groups excluding carboxylic acids is 1. The van der Waals surface area contributed by atoms with Crippen molar-refractivity contribution in [2.24, 2.45) is 0 Å². The Kier molecular flexibility index (Phi) is 6.48. The third-order valence-corrected chi connectivity index (χ3v) is 5.84. The summed E-state index contributed by atoms with van der Waals surface area (Å²) >= 11 is 6.70. The Morgan fingerprint density at radius 1 is 1.18 bits per heavy atom. The van der Waals surface area contributed by atoms with E-state index in [4.69, 9.17) is 12.2 Å². The molecule has 0 unspecified atom stereocenters. The molecule has 0 atom stereocenters. The maximum absolute atomic E-state index is 12.9. The van der Waals surface area contributed by atoms with E-state index < -0.39 is 0 Å². The molecule has 28 heavy (non-hydrogen) atoms. The lowest BCUT2D eigenvalue weighted by atomic mass is 9.78. The summed E-state index contributed by atoms with van der Waals surface area (Å²) in [6, 6.07) is 3.93. The number of likely N-dealkylation sites (N-methyl/N-ethyl adjacent to an activating group) is 1. The molecule has 0 radical (unpaired) electrons. The first-order valence-electron chi connectivity index (χ1n) is 9.25. The predicted octanol–water partition coefficient (Wildman–Crippen LogP) is 5.22. The number of hydrogen-bond acceptors (Lipinski definition) is 5. The van der Waals surface area contributed by atoms with Gasteiger partial charge in [-0.25, -0.2) is 10.0 Å². The van der Waals surface area contributed by atoms with Crippen molar-refractivity contribution < 1.29 is 9.90 Å². The van der Waals surface area contributed by atoms with Gasteiger partial charge in [-0.05, 0) is 34.6 Å². The lowest BCUT2D eigenvalue weighted by Gasteiger charge is -2.28. The van der Waals surface area contributed by atoms with Gasteiger partial charge in [-0.3, -0.25) is 4.79 Å². The summed E-state index contributed by atoms with van der Waals surface area (Å²) in [5.41, 5.74) is 2.17. The normalized spacial score (nSPS) is 17.1. The molecule has 1 heterocycles. The molecule has 1 amide bonds. The molecule has 0 bridgehead atoms. The number of aromatic hydroxyl groups is 1. The first kappa shape index (κ1) is 22.7. The zero-order chi connectivity index (χ0) is 21.4. The fourth-order valence-electron chi connectivity index (χ4n) is 3.06. The first-order chi connectivity index (χ1) is 12.8. The molecule has 0 saturated carbocycles. The standard InChI is InChI=1S/C22H30N2O2S2/c1-9-10-23(8)24-19(26)17(28-20(24)27)13-14-11-15(21(2,3)4)18(25)16(12-14)22(5,6)7/h9,11-13,25H,1,10H2,2-8H3. The van der Waals surface area contributed by atoms with E-state index in [1.165, 1.54) is 16.8 Å². The fraction of sp³-hybridized carbons (Fsp3) is 0.455. The highest BCUT2D eigenvalue weighted by molar-refractivity contribution is 8.26. The highest BCUT2D eigenvalue weighted by atomic mass is 32.2. The van der Waals surface area contributed by atoms with Crippen LogP contribution in [0.2, 0.25) is 0 Å². The molecule has 1 fully saturated rings. The lowest BCUT2D eigenvalue weighted by Crippen LogP contribution is -2.42. The van der Waals surface area contributed by atoms with Gasteiger partial charge < -0.3 is 5.11 Å². The smallest absolute Gasteiger partial charge is 0.280 e. The summed E-state index contributed by atoms with van der Waals surface area (Å²) in [7, 11) is 1.81. The molecule has 0 spiro atoms. The van der Waals surface area contributed by atoms with E-state index in [0.717, 1.165) is 16.7 Å². The molecule has 2 rings (SSSR count). The Hall–Kier alpha value is -1.63. The highest BCUT2D eigenvalue weighted by Gasteiger charge is 2.35. The quantitative estimate of drug-likeness (QED) is 0.412. The van der Waals surface area contributed by atoms with Crippen molar-refractivity contribution in [3.63, 3.8) is 0 Å². The number of amides is 1. The minimum atomic E-state index is -0.225. The summed E-state index contributed by atoms with van der Waals surface area (Å²) < 4.78 is 0.506. The van der Waals surface area contributed by atoms with Crippen molar-refractivity contribution in [1.82, 2.24) is 10.0 Å². The molecule has 152 valence electrons. The SMILES string of the molecule is C=CCN(C)N1C(=O)C(=Cc2cc(C(C)(C)C)c(O)c(C(C)(C)C)c2)SC1=S.